The van der Waals surface area contributed by atoms with Crippen LogP contribution in [0.15, 0.2) is 73.1 Å². The lowest BCUT2D eigenvalue weighted by atomic mass is 9.81. The summed E-state index contributed by atoms with van der Waals surface area (Å²) in [4.78, 5) is 16.7. The molecular weight excluding hydrogens is 374 g/mol. The number of rotatable bonds is 4. The van der Waals surface area contributed by atoms with Crippen LogP contribution in [0.5, 0.6) is 0 Å². The molecule has 150 valence electrons. The molecule has 5 heteroatoms. The molecule has 0 aliphatic heterocycles. The molecule has 2 aromatic heterocycles. The Kier molecular flexibility index (Phi) is 4.58. The summed E-state index contributed by atoms with van der Waals surface area (Å²) >= 11 is 0. The van der Waals surface area contributed by atoms with Gasteiger partial charge in [-0.25, -0.2) is 9.48 Å². The Balaban J connectivity index is 1.63. The van der Waals surface area contributed by atoms with Crippen molar-refractivity contribution < 1.29 is 9.90 Å². The molecule has 1 aliphatic carbocycles. The highest BCUT2D eigenvalue weighted by molar-refractivity contribution is 5.94. The molecule has 2 aromatic carbocycles. The Hall–Kier alpha value is -3.47. The molecule has 0 amide bonds. The molecule has 2 heterocycles. The van der Waals surface area contributed by atoms with Crippen molar-refractivity contribution in [2.45, 2.75) is 37.6 Å². The van der Waals surface area contributed by atoms with E-state index in [1.54, 1.807) is 17.1 Å². The van der Waals surface area contributed by atoms with Gasteiger partial charge in [0.05, 0.1) is 5.52 Å². The van der Waals surface area contributed by atoms with E-state index in [1.807, 2.05) is 24.3 Å². The maximum atomic E-state index is 12.4. The molecule has 5 nitrogen and oxygen atoms in total. The van der Waals surface area contributed by atoms with Gasteiger partial charge in [0.1, 0.15) is 5.69 Å². The number of carbonyl (C=O) groups is 1. The maximum absolute atomic E-state index is 12.4. The van der Waals surface area contributed by atoms with Crippen LogP contribution < -0.4 is 0 Å². The van der Waals surface area contributed by atoms with E-state index >= 15 is 0 Å². The number of hydrogen-bond donors (Lipinski definition) is 1. The first-order valence-electron chi connectivity index (χ1n) is 10.4. The lowest BCUT2D eigenvalue weighted by Crippen LogP contribution is -2.44. The highest BCUT2D eigenvalue weighted by Gasteiger charge is 2.43. The standard InChI is InChI=1S/C25H23N3O2/c29-24(30)25(14-5-2-6-15-25)28-22-13-16-26-17-21(22)23(27-28)20-11-9-19(10-12-20)18-7-3-1-4-8-18/h1,3-4,7-13,16-17H,2,5-6,14-15H2,(H,29,30). The first-order valence-corrected chi connectivity index (χ1v) is 10.4. The fraction of sp³-hybridized carbons (Fsp3) is 0.240. The van der Waals surface area contributed by atoms with E-state index in [2.05, 4.69) is 41.4 Å². The van der Waals surface area contributed by atoms with Gasteiger partial charge in [0.15, 0.2) is 5.54 Å². The van der Waals surface area contributed by atoms with Crippen molar-refractivity contribution in [1.29, 1.82) is 0 Å². The fourth-order valence-corrected chi connectivity index (χ4v) is 4.61. The van der Waals surface area contributed by atoms with Crippen LogP contribution in [-0.2, 0) is 10.3 Å². The van der Waals surface area contributed by atoms with Crippen molar-refractivity contribution in [2.75, 3.05) is 0 Å². The predicted molar refractivity (Wildman–Crippen MR) is 117 cm³/mol. The van der Waals surface area contributed by atoms with E-state index in [4.69, 9.17) is 5.10 Å². The van der Waals surface area contributed by atoms with E-state index in [9.17, 15) is 9.90 Å². The topological polar surface area (TPSA) is 68.0 Å². The number of fused-ring (bicyclic) bond motifs is 1. The second-order valence-corrected chi connectivity index (χ2v) is 7.99. The molecule has 0 radical (unpaired) electrons. The lowest BCUT2D eigenvalue weighted by Gasteiger charge is -2.34. The molecule has 1 fully saturated rings. The van der Waals surface area contributed by atoms with Crippen molar-refractivity contribution >= 4 is 16.9 Å². The van der Waals surface area contributed by atoms with Crippen LogP contribution in [0, 0.1) is 0 Å². The van der Waals surface area contributed by atoms with Crippen molar-refractivity contribution in [3.05, 3.63) is 73.1 Å². The molecule has 0 bridgehead atoms. The molecule has 1 aliphatic rings. The first-order chi connectivity index (χ1) is 14.7. The lowest BCUT2D eigenvalue weighted by molar-refractivity contribution is -0.149. The van der Waals surface area contributed by atoms with Gasteiger partial charge >= 0.3 is 5.97 Å². The van der Waals surface area contributed by atoms with Crippen molar-refractivity contribution in [1.82, 2.24) is 14.8 Å². The minimum atomic E-state index is -0.986. The minimum Gasteiger partial charge on any atom is -0.479 e. The van der Waals surface area contributed by atoms with Gasteiger partial charge in [-0.2, -0.15) is 5.10 Å². The largest absolute Gasteiger partial charge is 0.479 e. The summed E-state index contributed by atoms with van der Waals surface area (Å²) in [6, 6.07) is 20.4. The SMILES string of the molecule is O=C(O)C1(n2nc(-c3ccc(-c4ccccc4)cc3)c3cnccc32)CCCCC1. The molecule has 0 spiro atoms. The Labute approximate surface area is 175 Å². The molecule has 1 N–H and O–H groups in total. The number of benzene rings is 2. The summed E-state index contributed by atoms with van der Waals surface area (Å²) in [7, 11) is 0. The number of aliphatic carboxylic acids is 1. The number of pyridine rings is 1. The normalized spacial score (nSPS) is 15.9. The monoisotopic (exact) mass is 397 g/mol. The third kappa shape index (κ3) is 2.98. The predicted octanol–water partition coefficient (Wildman–Crippen LogP) is 5.51. The Morgan fingerprint density at radius 2 is 1.53 bits per heavy atom. The zero-order valence-corrected chi connectivity index (χ0v) is 16.7. The average Bonchev–Trinajstić information content (AvgIpc) is 3.20. The van der Waals surface area contributed by atoms with E-state index in [-0.39, 0.29) is 0 Å². The van der Waals surface area contributed by atoms with Gasteiger partial charge in [0.25, 0.3) is 0 Å². The molecule has 0 unspecified atom stereocenters. The van der Waals surface area contributed by atoms with Crippen LogP contribution in [0.3, 0.4) is 0 Å². The summed E-state index contributed by atoms with van der Waals surface area (Å²) in [6.07, 6.45) is 7.59. The van der Waals surface area contributed by atoms with Gasteiger partial charge in [-0.1, -0.05) is 73.9 Å². The van der Waals surface area contributed by atoms with Crippen molar-refractivity contribution in [3.8, 4) is 22.4 Å². The summed E-state index contributed by atoms with van der Waals surface area (Å²) in [5.41, 5.74) is 3.88. The quantitative estimate of drug-likeness (QED) is 0.493. The van der Waals surface area contributed by atoms with Gasteiger partial charge in [0, 0.05) is 23.3 Å². The van der Waals surface area contributed by atoms with Crippen LogP contribution in [0.2, 0.25) is 0 Å². The van der Waals surface area contributed by atoms with Crippen LogP contribution in [-0.4, -0.2) is 25.8 Å². The van der Waals surface area contributed by atoms with Gasteiger partial charge < -0.3 is 5.11 Å². The van der Waals surface area contributed by atoms with Gasteiger partial charge in [0.2, 0.25) is 0 Å². The zero-order chi connectivity index (χ0) is 20.6. The second kappa shape index (κ2) is 7.41. The Bertz CT molecular complexity index is 1190. The van der Waals surface area contributed by atoms with E-state index < -0.39 is 11.5 Å². The number of nitrogens with zero attached hydrogens (tertiary/aromatic N) is 3. The van der Waals surface area contributed by atoms with Crippen LogP contribution >= 0.6 is 0 Å². The molecule has 0 atom stereocenters. The van der Waals surface area contributed by atoms with E-state index in [0.29, 0.717) is 12.8 Å². The highest BCUT2D eigenvalue weighted by Crippen LogP contribution is 2.39. The number of hydrogen-bond acceptors (Lipinski definition) is 3. The summed E-state index contributed by atoms with van der Waals surface area (Å²) < 4.78 is 1.76. The fourth-order valence-electron chi connectivity index (χ4n) is 4.61. The number of carboxylic acids is 1. The van der Waals surface area contributed by atoms with Crippen LogP contribution in [0.25, 0.3) is 33.3 Å². The van der Waals surface area contributed by atoms with Gasteiger partial charge in [-0.05, 0) is 30.0 Å². The van der Waals surface area contributed by atoms with Gasteiger partial charge in [-0.3, -0.25) is 4.98 Å². The molecule has 5 rings (SSSR count). The van der Waals surface area contributed by atoms with E-state index in [0.717, 1.165) is 52.5 Å². The molecule has 0 saturated heterocycles. The van der Waals surface area contributed by atoms with Crippen LogP contribution in [0.1, 0.15) is 32.1 Å². The Morgan fingerprint density at radius 3 is 2.23 bits per heavy atom. The van der Waals surface area contributed by atoms with E-state index in [1.165, 1.54) is 0 Å². The van der Waals surface area contributed by atoms with Gasteiger partial charge in [-0.15, -0.1) is 0 Å². The zero-order valence-electron chi connectivity index (χ0n) is 16.7. The smallest absolute Gasteiger partial charge is 0.331 e. The first kappa shape index (κ1) is 18.6. The molecule has 4 aromatic rings. The number of carboxylic acid groups (broad SMARTS) is 1. The minimum absolute atomic E-state index is 0.605. The summed E-state index contributed by atoms with van der Waals surface area (Å²) in [6.45, 7) is 0. The molecule has 30 heavy (non-hydrogen) atoms. The van der Waals surface area contributed by atoms with Crippen molar-refractivity contribution in [2.24, 2.45) is 0 Å². The average molecular weight is 397 g/mol. The maximum Gasteiger partial charge on any atom is 0.331 e. The Morgan fingerprint density at radius 1 is 0.867 bits per heavy atom. The molecular formula is C25H23N3O2. The molecule has 1 saturated carbocycles. The summed E-state index contributed by atoms with van der Waals surface area (Å²) in [5, 5.41) is 15.9. The van der Waals surface area contributed by atoms with Crippen molar-refractivity contribution in [3.63, 3.8) is 0 Å². The third-order valence-corrected chi connectivity index (χ3v) is 6.23. The third-order valence-electron chi connectivity index (χ3n) is 6.23. The highest BCUT2D eigenvalue weighted by atomic mass is 16.4. The number of aromatic nitrogens is 3. The second-order valence-electron chi connectivity index (χ2n) is 7.99. The summed E-state index contributed by atoms with van der Waals surface area (Å²) in [5.74, 6) is -0.797. The van der Waals surface area contributed by atoms with Crippen LogP contribution in [0.4, 0.5) is 0 Å².